The highest BCUT2D eigenvalue weighted by Crippen LogP contribution is 2.35. The normalized spacial score (nSPS) is 29.1. The maximum absolute atomic E-state index is 9.36. The first kappa shape index (κ1) is 18.5. The Kier molecular flexibility index (Phi) is 7.70. The van der Waals surface area contributed by atoms with Crippen molar-refractivity contribution < 1.29 is 4.74 Å². The third kappa shape index (κ3) is 5.96. The van der Waals surface area contributed by atoms with Gasteiger partial charge < -0.3 is 4.74 Å². The highest BCUT2D eigenvalue weighted by molar-refractivity contribution is 5.03. The van der Waals surface area contributed by atoms with Gasteiger partial charge in [0.15, 0.2) is 0 Å². The van der Waals surface area contributed by atoms with E-state index in [4.69, 9.17) is 4.74 Å². The molecule has 21 heavy (non-hydrogen) atoms. The van der Waals surface area contributed by atoms with Crippen LogP contribution in [-0.2, 0) is 4.74 Å². The molecule has 1 saturated carbocycles. The number of hydrogen-bond donors (Lipinski definition) is 1. The Morgan fingerprint density at radius 3 is 2.67 bits per heavy atom. The van der Waals surface area contributed by atoms with Gasteiger partial charge in [0, 0.05) is 13.0 Å². The molecule has 0 saturated heterocycles. The standard InChI is InChI=1S/C18H34N2O/c1-6-10-20-18(5,13-19)9-11-21-17-12-15(4)7-8-16(17)14(2)3/h14-17,20H,6-12H2,1-5H3. The minimum atomic E-state index is -0.455. The zero-order valence-electron chi connectivity index (χ0n) is 14.6. The van der Waals surface area contributed by atoms with Crippen LogP contribution in [0.5, 0.6) is 0 Å². The van der Waals surface area contributed by atoms with E-state index in [1.807, 2.05) is 6.92 Å². The van der Waals surface area contributed by atoms with E-state index < -0.39 is 5.54 Å². The summed E-state index contributed by atoms with van der Waals surface area (Å²) in [6, 6.07) is 2.40. The van der Waals surface area contributed by atoms with Gasteiger partial charge in [-0.3, -0.25) is 5.32 Å². The predicted molar refractivity (Wildman–Crippen MR) is 88.0 cm³/mol. The Labute approximate surface area is 131 Å². The van der Waals surface area contributed by atoms with Gasteiger partial charge >= 0.3 is 0 Å². The van der Waals surface area contributed by atoms with E-state index in [0.29, 0.717) is 24.5 Å². The lowest BCUT2D eigenvalue weighted by Crippen LogP contribution is -2.43. The molecule has 1 fully saturated rings. The van der Waals surface area contributed by atoms with Gasteiger partial charge in [-0.25, -0.2) is 0 Å². The molecule has 0 spiro atoms. The van der Waals surface area contributed by atoms with E-state index in [2.05, 4.69) is 39.1 Å². The Bertz CT molecular complexity index is 337. The zero-order valence-corrected chi connectivity index (χ0v) is 14.6. The number of rotatable bonds is 8. The van der Waals surface area contributed by atoms with Crippen molar-refractivity contribution in [2.45, 2.75) is 78.4 Å². The Balaban J connectivity index is 2.46. The van der Waals surface area contributed by atoms with Gasteiger partial charge in [0.25, 0.3) is 0 Å². The van der Waals surface area contributed by atoms with Crippen molar-refractivity contribution in [2.24, 2.45) is 17.8 Å². The van der Waals surface area contributed by atoms with Crippen molar-refractivity contribution in [3.8, 4) is 6.07 Å². The highest BCUT2D eigenvalue weighted by atomic mass is 16.5. The van der Waals surface area contributed by atoms with Crippen molar-refractivity contribution in [1.29, 1.82) is 5.26 Å². The first-order valence-corrected chi connectivity index (χ1v) is 8.69. The molecular weight excluding hydrogens is 260 g/mol. The van der Waals surface area contributed by atoms with Crippen molar-refractivity contribution in [3.63, 3.8) is 0 Å². The molecule has 4 atom stereocenters. The van der Waals surface area contributed by atoms with Crippen LogP contribution in [0.3, 0.4) is 0 Å². The molecule has 1 aliphatic rings. The summed E-state index contributed by atoms with van der Waals surface area (Å²) in [7, 11) is 0. The number of ether oxygens (including phenoxy) is 1. The number of nitrogens with zero attached hydrogens (tertiary/aromatic N) is 1. The molecule has 1 rings (SSSR count). The maximum Gasteiger partial charge on any atom is 0.106 e. The van der Waals surface area contributed by atoms with E-state index in [1.54, 1.807) is 0 Å². The third-order valence-electron chi connectivity index (χ3n) is 4.91. The van der Waals surface area contributed by atoms with Crippen molar-refractivity contribution >= 4 is 0 Å². The molecule has 0 bridgehead atoms. The van der Waals surface area contributed by atoms with Gasteiger partial charge in [0.05, 0.1) is 12.2 Å². The first-order valence-electron chi connectivity index (χ1n) is 8.69. The molecule has 0 heterocycles. The summed E-state index contributed by atoms with van der Waals surface area (Å²) in [4.78, 5) is 0. The molecule has 0 aromatic rings. The minimum Gasteiger partial charge on any atom is -0.378 e. The maximum atomic E-state index is 9.36. The summed E-state index contributed by atoms with van der Waals surface area (Å²) >= 11 is 0. The van der Waals surface area contributed by atoms with Crippen LogP contribution in [0.15, 0.2) is 0 Å². The molecule has 3 nitrogen and oxygen atoms in total. The van der Waals surface area contributed by atoms with Crippen LogP contribution in [0, 0.1) is 29.1 Å². The smallest absolute Gasteiger partial charge is 0.106 e. The van der Waals surface area contributed by atoms with Crippen molar-refractivity contribution in [1.82, 2.24) is 5.32 Å². The van der Waals surface area contributed by atoms with Crippen LogP contribution in [0.1, 0.15) is 66.7 Å². The zero-order chi connectivity index (χ0) is 15.9. The summed E-state index contributed by atoms with van der Waals surface area (Å²) in [6.45, 7) is 12.6. The summed E-state index contributed by atoms with van der Waals surface area (Å²) in [5, 5.41) is 12.7. The van der Waals surface area contributed by atoms with Crippen molar-refractivity contribution in [3.05, 3.63) is 0 Å². The predicted octanol–water partition coefficient (Wildman–Crippen LogP) is 4.14. The second kappa shape index (κ2) is 8.76. The van der Waals surface area contributed by atoms with E-state index in [-0.39, 0.29) is 0 Å². The fourth-order valence-corrected chi connectivity index (χ4v) is 3.31. The summed E-state index contributed by atoms with van der Waals surface area (Å²) in [5.74, 6) is 2.13. The lowest BCUT2D eigenvalue weighted by Gasteiger charge is -2.37. The molecule has 122 valence electrons. The van der Waals surface area contributed by atoms with Crippen LogP contribution < -0.4 is 5.32 Å². The second-order valence-corrected chi connectivity index (χ2v) is 7.36. The fourth-order valence-electron chi connectivity index (χ4n) is 3.31. The molecule has 0 aromatic heterocycles. The van der Waals surface area contributed by atoms with Crippen molar-refractivity contribution in [2.75, 3.05) is 13.2 Å². The van der Waals surface area contributed by atoms with Crippen LogP contribution >= 0.6 is 0 Å². The summed E-state index contributed by atoms with van der Waals surface area (Å²) < 4.78 is 6.21. The average Bonchev–Trinajstić information content (AvgIpc) is 2.45. The van der Waals surface area contributed by atoms with Crippen LogP contribution in [0.4, 0.5) is 0 Å². The molecule has 3 heteroatoms. The van der Waals surface area contributed by atoms with Gasteiger partial charge in [0.1, 0.15) is 5.54 Å². The molecule has 1 N–H and O–H groups in total. The molecule has 1 aliphatic carbocycles. The van der Waals surface area contributed by atoms with E-state index in [1.165, 1.54) is 19.3 Å². The first-order chi connectivity index (χ1) is 9.91. The van der Waals surface area contributed by atoms with Crippen LogP contribution in [0.2, 0.25) is 0 Å². The van der Waals surface area contributed by atoms with Crippen LogP contribution in [0.25, 0.3) is 0 Å². The largest absolute Gasteiger partial charge is 0.378 e. The SMILES string of the molecule is CCCNC(C)(C#N)CCOC1CC(C)CCC1C(C)C. The average molecular weight is 294 g/mol. The lowest BCUT2D eigenvalue weighted by atomic mass is 9.75. The van der Waals surface area contributed by atoms with E-state index >= 15 is 0 Å². The Morgan fingerprint density at radius 2 is 2.10 bits per heavy atom. The molecular formula is C18H34N2O. The van der Waals surface area contributed by atoms with Gasteiger partial charge in [-0.1, -0.05) is 34.1 Å². The molecule has 0 radical (unpaired) electrons. The summed E-state index contributed by atoms with van der Waals surface area (Å²) in [6.07, 6.45) is 5.98. The monoisotopic (exact) mass is 294 g/mol. The van der Waals surface area contributed by atoms with E-state index in [0.717, 1.165) is 25.3 Å². The van der Waals surface area contributed by atoms with Gasteiger partial charge in [-0.15, -0.1) is 0 Å². The molecule has 0 aromatic carbocycles. The summed E-state index contributed by atoms with van der Waals surface area (Å²) in [5.41, 5.74) is -0.455. The molecule has 0 aliphatic heterocycles. The Hall–Kier alpha value is -0.590. The van der Waals surface area contributed by atoms with E-state index in [9.17, 15) is 5.26 Å². The number of nitriles is 1. The quantitative estimate of drug-likeness (QED) is 0.732. The number of hydrogen-bond acceptors (Lipinski definition) is 3. The number of nitrogens with one attached hydrogen (secondary N) is 1. The van der Waals surface area contributed by atoms with Gasteiger partial charge in [-0.2, -0.15) is 5.26 Å². The second-order valence-electron chi connectivity index (χ2n) is 7.36. The third-order valence-corrected chi connectivity index (χ3v) is 4.91. The topological polar surface area (TPSA) is 45.0 Å². The fraction of sp³-hybridized carbons (Fsp3) is 0.944. The molecule has 4 unspecified atom stereocenters. The van der Waals surface area contributed by atoms with Gasteiger partial charge in [0.2, 0.25) is 0 Å². The lowest BCUT2D eigenvalue weighted by molar-refractivity contribution is -0.0424. The molecule has 0 amide bonds. The van der Waals surface area contributed by atoms with Crippen LogP contribution in [-0.4, -0.2) is 24.8 Å². The Morgan fingerprint density at radius 1 is 1.38 bits per heavy atom. The minimum absolute atomic E-state index is 0.378. The van der Waals surface area contributed by atoms with Gasteiger partial charge in [-0.05, 0) is 50.5 Å². The highest BCUT2D eigenvalue weighted by Gasteiger charge is 2.32.